The Morgan fingerprint density at radius 3 is 2.44 bits per heavy atom. The number of aromatic nitrogens is 2. The van der Waals surface area contributed by atoms with Crippen LogP contribution in [-0.2, 0) is 4.74 Å². The van der Waals surface area contributed by atoms with Crippen LogP contribution in [0.5, 0.6) is 5.75 Å². The van der Waals surface area contributed by atoms with Crippen LogP contribution in [0.25, 0.3) is 0 Å². The maximum Gasteiger partial charge on any atom is 0.515 e. The highest BCUT2D eigenvalue weighted by Crippen LogP contribution is 2.23. The van der Waals surface area contributed by atoms with Crippen molar-refractivity contribution in [1.82, 2.24) is 15.3 Å². The number of ether oxygens (including phenoxy) is 2. The molecule has 2 unspecified atom stereocenters. The first-order valence-corrected chi connectivity index (χ1v) is 9.46. The third-order valence-electron chi connectivity index (χ3n) is 4.27. The van der Waals surface area contributed by atoms with Crippen molar-refractivity contribution < 1.29 is 14.3 Å². The van der Waals surface area contributed by atoms with E-state index in [-0.39, 0.29) is 5.75 Å². The Balaban J connectivity index is 1.82. The van der Waals surface area contributed by atoms with Gasteiger partial charge in [0.05, 0.1) is 12.4 Å². The number of rotatable bonds is 10. The molecule has 0 aliphatic heterocycles. The van der Waals surface area contributed by atoms with Crippen LogP contribution in [0, 0.1) is 5.92 Å². The van der Waals surface area contributed by atoms with E-state index in [9.17, 15) is 4.79 Å². The minimum atomic E-state index is -0.777. The zero-order valence-electron chi connectivity index (χ0n) is 16.3. The Morgan fingerprint density at radius 1 is 1.07 bits per heavy atom. The maximum absolute atomic E-state index is 11.8. The second kappa shape index (κ2) is 11.3. The predicted molar refractivity (Wildman–Crippen MR) is 104 cm³/mol. The molecule has 6 heteroatoms. The van der Waals surface area contributed by atoms with Gasteiger partial charge in [-0.2, -0.15) is 0 Å². The van der Waals surface area contributed by atoms with Crippen molar-refractivity contribution in [3.8, 4) is 5.75 Å². The molecule has 0 saturated heterocycles. The highest BCUT2D eigenvalue weighted by atomic mass is 16.7. The molecule has 0 aliphatic carbocycles. The fourth-order valence-corrected chi connectivity index (χ4v) is 2.84. The summed E-state index contributed by atoms with van der Waals surface area (Å²) in [6.07, 6.45) is 6.42. The summed E-state index contributed by atoms with van der Waals surface area (Å²) >= 11 is 0. The van der Waals surface area contributed by atoms with Gasteiger partial charge in [0.1, 0.15) is 6.33 Å². The van der Waals surface area contributed by atoms with Crippen LogP contribution in [0.1, 0.15) is 51.5 Å². The van der Waals surface area contributed by atoms with E-state index in [4.69, 9.17) is 9.47 Å². The van der Waals surface area contributed by atoms with E-state index in [2.05, 4.69) is 53.4 Å². The number of carbonyl (C=O) groups is 1. The lowest BCUT2D eigenvalue weighted by Gasteiger charge is -2.21. The molecule has 1 N–H and O–H groups in total. The Bertz CT molecular complexity index is 665. The zero-order chi connectivity index (χ0) is 19.5. The normalized spacial score (nSPS) is 13.2. The van der Waals surface area contributed by atoms with E-state index in [0.29, 0.717) is 11.8 Å². The summed E-state index contributed by atoms with van der Waals surface area (Å²) in [4.78, 5) is 19.4. The van der Waals surface area contributed by atoms with Gasteiger partial charge in [0.2, 0.25) is 0 Å². The van der Waals surface area contributed by atoms with Crippen molar-refractivity contribution in [2.24, 2.45) is 5.92 Å². The molecule has 0 aliphatic rings. The quantitative estimate of drug-likeness (QED) is 0.488. The molecule has 1 heterocycles. The van der Waals surface area contributed by atoms with Crippen LogP contribution in [0.15, 0.2) is 49.1 Å². The Morgan fingerprint density at radius 2 is 1.78 bits per heavy atom. The van der Waals surface area contributed by atoms with Gasteiger partial charge in [0.15, 0.2) is 12.0 Å². The van der Waals surface area contributed by atoms with E-state index < -0.39 is 12.4 Å². The van der Waals surface area contributed by atoms with Crippen molar-refractivity contribution in [2.45, 2.75) is 52.2 Å². The van der Waals surface area contributed by atoms with E-state index in [0.717, 1.165) is 13.0 Å². The van der Waals surface area contributed by atoms with Crippen molar-refractivity contribution in [3.63, 3.8) is 0 Å². The van der Waals surface area contributed by atoms with Crippen molar-refractivity contribution in [3.05, 3.63) is 54.6 Å². The largest absolute Gasteiger partial charge is 0.515 e. The standard InChI is InChI=1S/C21H29N3O3/c1-16(2)8-7-11-19(18-9-5-4-6-10-18)12-24-17(3)26-21(25)27-20-13-22-15-23-14-20/h4-6,9-10,13-17,19,24H,7-8,11-12H2,1-3H3. The summed E-state index contributed by atoms with van der Waals surface area (Å²) in [5, 5.41) is 3.28. The lowest BCUT2D eigenvalue weighted by molar-refractivity contribution is 0.0505. The first kappa shape index (κ1) is 20.8. The van der Waals surface area contributed by atoms with E-state index in [1.165, 1.54) is 37.1 Å². The van der Waals surface area contributed by atoms with E-state index in [1.807, 2.05) is 6.07 Å². The number of benzene rings is 1. The van der Waals surface area contributed by atoms with Crippen LogP contribution >= 0.6 is 0 Å². The monoisotopic (exact) mass is 371 g/mol. The average molecular weight is 371 g/mol. The van der Waals surface area contributed by atoms with Crippen LogP contribution in [0.2, 0.25) is 0 Å². The molecule has 1 aromatic heterocycles. The molecule has 0 amide bonds. The Labute approximate surface area is 161 Å². The first-order valence-electron chi connectivity index (χ1n) is 9.46. The minimum Gasteiger partial charge on any atom is -0.415 e. The van der Waals surface area contributed by atoms with Crippen LogP contribution in [0.3, 0.4) is 0 Å². The molecule has 146 valence electrons. The second-order valence-electron chi connectivity index (χ2n) is 7.03. The van der Waals surface area contributed by atoms with Gasteiger partial charge in [-0.05, 0) is 30.7 Å². The second-order valence-corrected chi connectivity index (χ2v) is 7.03. The third-order valence-corrected chi connectivity index (χ3v) is 4.27. The molecule has 6 nitrogen and oxygen atoms in total. The summed E-state index contributed by atoms with van der Waals surface area (Å²) in [7, 11) is 0. The average Bonchev–Trinajstić information content (AvgIpc) is 2.65. The molecule has 0 spiro atoms. The van der Waals surface area contributed by atoms with Crippen LogP contribution in [0.4, 0.5) is 4.79 Å². The van der Waals surface area contributed by atoms with Gasteiger partial charge >= 0.3 is 6.16 Å². The molecule has 0 fully saturated rings. The number of hydrogen-bond donors (Lipinski definition) is 1. The van der Waals surface area contributed by atoms with Gasteiger partial charge in [0.25, 0.3) is 0 Å². The lowest BCUT2D eigenvalue weighted by Crippen LogP contribution is -2.35. The number of carbonyl (C=O) groups excluding carboxylic acids is 1. The number of nitrogens with zero attached hydrogens (tertiary/aromatic N) is 2. The Kier molecular flexibility index (Phi) is 8.71. The molecule has 2 rings (SSSR count). The number of nitrogens with one attached hydrogen (secondary N) is 1. The van der Waals surface area contributed by atoms with Crippen LogP contribution < -0.4 is 10.1 Å². The van der Waals surface area contributed by atoms with Gasteiger partial charge < -0.3 is 9.47 Å². The molecule has 1 aromatic carbocycles. The fraction of sp³-hybridized carbons (Fsp3) is 0.476. The van der Waals surface area contributed by atoms with Crippen LogP contribution in [-0.4, -0.2) is 28.9 Å². The summed E-state index contributed by atoms with van der Waals surface area (Å²) in [6.45, 7) is 7.01. The highest BCUT2D eigenvalue weighted by Gasteiger charge is 2.16. The summed E-state index contributed by atoms with van der Waals surface area (Å²) in [5.74, 6) is 1.33. The van der Waals surface area contributed by atoms with Gasteiger partial charge in [-0.3, -0.25) is 5.32 Å². The molecule has 27 heavy (non-hydrogen) atoms. The fourth-order valence-electron chi connectivity index (χ4n) is 2.84. The van der Waals surface area contributed by atoms with Crippen molar-refractivity contribution in [1.29, 1.82) is 0 Å². The maximum atomic E-state index is 11.8. The molecular formula is C21H29N3O3. The van der Waals surface area contributed by atoms with Crippen molar-refractivity contribution in [2.75, 3.05) is 6.54 Å². The van der Waals surface area contributed by atoms with Crippen molar-refractivity contribution >= 4 is 6.16 Å². The molecule has 0 saturated carbocycles. The highest BCUT2D eigenvalue weighted by molar-refractivity contribution is 5.63. The predicted octanol–water partition coefficient (Wildman–Crippen LogP) is 4.54. The van der Waals surface area contributed by atoms with Gasteiger partial charge in [-0.25, -0.2) is 14.8 Å². The third kappa shape index (κ3) is 8.17. The van der Waals surface area contributed by atoms with Gasteiger partial charge in [0, 0.05) is 6.54 Å². The molecule has 0 bridgehead atoms. The first-order chi connectivity index (χ1) is 13.0. The van der Waals surface area contributed by atoms with E-state index in [1.54, 1.807) is 6.92 Å². The minimum absolute atomic E-state index is 0.255. The van der Waals surface area contributed by atoms with Gasteiger partial charge in [-0.1, -0.05) is 57.0 Å². The topological polar surface area (TPSA) is 73.3 Å². The molecular weight excluding hydrogens is 342 g/mol. The summed E-state index contributed by atoms with van der Waals surface area (Å²) < 4.78 is 10.3. The Hall–Kier alpha value is -2.47. The number of hydrogen-bond acceptors (Lipinski definition) is 6. The zero-order valence-corrected chi connectivity index (χ0v) is 16.3. The molecule has 2 aromatic rings. The molecule has 2 atom stereocenters. The van der Waals surface area contributed by atoms with E-state index >= 15 is 0 Å². The smallest absolute Gasteiger partial charge is 0.415 e. The van der Waals surface area contributed by atoms with Gasteiger partial charge in [-0.15, -0.1) is 0 Å². The lowest BCUT2D eigenvalue weighted by atomic mass is 9.92. The molecule has 0 radical (unpaired) electrons. The summed E-state index contributed by atoms with van der Waals surface area (Å²) in [6, 6.07) is 10.4. The summed E-state index contributed by atoms with van der Waals surface area (Å²) in [5.41, 5.74) is 1.30. The SMILES string of the molecule is CC(C)CCCC(CNC(C)OC(=O)Oc1cncnc1)c1ccccc1.